The number of likely N-dealkylation sites (N-methyl/N-ethyl adjacent to an activating group) is 1. The zero-order chi connectivity index (χ0) is 40.5. The van der Waals surface area contributed by atoms with E-state index in [0.29, 0.717) is 47.6 Å². The summed E-state index contributed by atoms with van der Waals surface area (Å²) in [4.78, 5) is 39.5. The average Bonchev–Trinajstić information content (AvgIpc) is 3.53. The number of amides is 2. The number of aliphatic hydroxyl groups excluding tert-OH is 2. The Balaban J connectivity index is 1.15. The number of methoxy groups -OCH3 is 1. The fourth-order valence-corrected chi connectivity index (χ4v) is 12.9. The number of nitrogens with one attached hydrogen (secondary N) is 3. The predicted molar refractivity (Wildman–Crippen MR) is 219 cm³/mol. The van der Waals surface area contributed by atoms with E-state index in [4.69, 9.17) is 9.57 Å². The number of nitrogens with zero attached hydrogens (tertiary/aromatic N) is 3. The molecule has 5 saturated carbocycles. The number of carbonyl (C=O) groups is 2. The van der Waals surface area contributed by atoms with Gasteiger partial charge in [0.05, 0.1) is 18.8 Å². The highest BCUT2D eigenvalue weighted by molar-refractivity contribution is 5.83. The molecule has 0 aromatic heterocycles. The van der Waals surface area contributed by atoms with Crippen LogP contribution in [0, 0.1) is 58.7 Å². The molecule has 7 rings (SSSR count). The summed E-state index contributed by atoms with van der Waals surface area (Å²) in [6, 6.07) is -0.172. The molecule has 0 radical (unpaired) electrons. The van der Waals surface area contributed by atoms with Crippen LogP contribution < -0.4 is 16.0 Å². The van der Waals surface area contributed by atoms with Gasteiger partial charge in [0.15, 0.2) is 0 Å². The van der Waals surface area contributed by atoms with E-state index in [1.54, 1.807) is 12.0 Å². The summed E-state index contributed by atoms with van der Waals surface area (Å²) < 4.78 is 6.45. The number of carbonyl (C=O) groups excluding carboxylic acids is 2. The first-order valence-corrected chi connectivity index (χ1v) is 22.5. The summed E-state index contributed by atoms with van der Waals surface area (Å²) in [5, 5.41) is 33.8. The second-order valence-electron chi connectivity index (χ2n) is 20.5. The zero-order valence-electron chi connectivity index (χ0n) is 36.4. The Kier molecular flexibility index (Phi) is 14.9. The Morgan fingerprint density at radius 1 is 1.04 bits per heavy atom. The summed E-state index contributed by atoms with van der Waals surface area (Å²) in [6.07, 6.45) is 9.87. The molecule has 56 heavy (non-hydrogen) atoms. The third kappa shape index (κ3) is 9.64. The van der Waals surface area contributed by atoms with Crippen LogP contribution in [0.3, 0.4) is 0 Å². The fraction of sp³-hybridized carbons (Fsp3) is 0.955. The third-order valence-electron chi connectivity index (χ3n) is 16.1. The van der Waals surface area contributed by atoms with Crippen molar-refractivity contribution >= 4 is 11.8 Å². The lowest BCUT2D eigenvalue weighted by atomic mass is 9.45. The predicted octanol–water partition coefficient (Wildman–Crippen LogP) is 3.36. The minimum Gasteiger partial charge on any atom is -0.394 e. The smallest absolute Gasteiger partial charge is 0.240 e. The van der Waals surface area contributed by atoms with Crippen molar-refractivity contribution in [2.45, 2.75) is 141 Å². The van der Waals surface area contributed by atoms with E-state index in [9.17, 15) is 19.8 Å². The molecular weight excluding hydrogens is 709 g/mol. The van der Waals surface area contributed by atoms with Gasteiger partial charge >= 0.3 is 0 Å². The molecule has 2 heterocycles. The van der Waals surface area contributed by atoms with Crippen molar-refractivity contribution in [2.24, 2.45) is 58.7 Å². The van der Waals surface area contributed by atoms with Gasteiger partial charge in [-0.05, 0) is 153 Å². The van der Waals surface area contributed by atoms with Crippen molar-refractivity contribution in [2.75, 3.05) is 68.1 Å². The number of hydroxylamine groups is 2. The molecule has 12 nitrogen and oxygen atoms in total. The minimum atomic E-state index is -0.828. The molecular formula is C44H80N6O6. The van der Waals surface area contributed by atoms with Crippen molar-refractivity contribution in [3.63, 3.8) is 0 Å². The van der Waals surface area contributed by atoms with Gasteiger partial charge in [-0.3, -0.25) is 14.4 Å². The van der Waals surface area contributed by atoms with E-state index in [0.717, 1.165) is 71.0 Å². The SMILES string of the molecule is COC1C(CN2O[C@@H](CO)[C@H]([C@H](C)O)[C@H]2C(=O)N[C@H]2C[C@H]3C[C@@H]([C@@H]2C)C3(C)C)CCCC1C1CC(C(=O)N[C@@H](CC2CCCNC2)CN(C)C)CC(N(C)C)C1. The number of fused-ring (bicyclic) bond motifs is 2. The summed E-state index contributed by atoms with van der Waals surface area (Å²) >= 11 is 0. The second-order valence-corrected chi connectivity index (χ2v) is 20.5. The number of rotatable bonds is 15. The van der Waals surface area contributed by atoms with Crippen molar-refractivity contribution in [1.82, 2.24) is 30.8 Å². The molecule has 12 heteroatoms. The maximum atomic E-state index is 14.4. The van der Waals surface area contributed by atoms with E-state index >= 15 is 0 Å². The van der Waals surface area contributed by atoms with Crippen molar-refractivity contribution in [3.8, 4) is 0 Å². The summed E-state index contributed by atoms with van der Waals surface area (Å²) in [5.41, 5.74) is 0.315. The molecule has 0 aromatic carbocycles. The normalized spacial score (nSPS) is 41.2. The van der Waals surface area contributed by atoms with Crippen LogP contribution >= 0.6 is 0 Å². The highest BCUT2D eigenvalue weighted by Gasteiger charge is 2.58. The lowest BCUT2D eigenvalue weighted by Gasteiger charge is -2.62. The maximum absolute atomic E-state index is 14.4. The van der Waals surface area contributed by atoms with E-state index in [1.165, 1.54) is 19.3 Å². The van der Waals surface area contributed by atoms with Crippen LogP contribution in [-0.2, 0) is 19.2 Å². The number of ether oxygens (including phenoxy) is 1. The fourth-order valence-electron chi connectivity index (χ4n) is 12.9. The molecule has 0 spiro atoms. The van der Waals surface area contributed by atoms with Crippen LogP contribution in [0.15, 0.2) is 0 Å². The summed E-state index contributed by atoms with van der Waals surface area (Å²) in [6.45, 7) is 11.9. The molecule has 322 valence electrons. The molecule has 2 aliphatic heterocycles. The van der Waals surface area contributed by atoms with Crippen molar-refractivity contribution in [3.05, 3.63) is 0 Å². The molecule has 5 aliphatic carbocycles. The van der Waals surface area contributed by atoms with Gasteiger partial charge in [0.1, 0.15) is 12.1 Å². The Hall–Kier alpha value is -1.38. The van der Waals surface area contributed by atoms with Crippen LogP contribution in [0.2, 0.25) is 0 Å². The molecule has 16 atom stereocenters. The first-order chi connectivity index (χ1) is 26.6. The van der Waals surface area contributed by atoms with E-state index in [1.807, 2.05) is 7.11 Å². The van der Waals surface area contributed by atoms with Gasteiger partial charge in [0, 0.05) is 56.1 Å². The maximum Gasteiger partial charge on any atom is 0.240 e. The lowest BCUT2D eigenvalue weighted by Crippen LogP contribution is -2.62. The number of piperidine rings is 1. The van der Waals surface area contributed by atoms with Gasteiger partial charge < -0.3 is 40.7 Å². The lowest BCUT2D eigenvalue weighted by molar-refractivity contribution is -0.193. The molecule has 2 bridgehead atoms. The molecule has 2 amide bonds. The van der Waals surface area contributed by atoms with Gasteiger partial charge in [-0.25, -0.2) is 0 Å². The molecule has 7 unspecified atom stereocenters. The molecule has 7 fully saturated rings. The van der Waals surface area contributed by atoms with Gasteiger partial charge in [-0.2, -0.15) is 5.06 Å². The van der Waals surface area contributed by atoms with Crippen LogP contribution in [0.25, 0.3) is 0 Å². The molecule has 0 aromatic rings. The number of hydrogen-bond donors (Lipinski definition) is 5. The molecule has 5 N–H and O–H groups in total. The van der Waals surface area contributed by atoms with E-state index in [2.05, 4.69) is 74.7 Å². The van der Waals surface area contributed by atoms with Crippen molar-refractivity contribution < 1.29 is 29.4 Å². The van der Waals surface area contributed by atoms with Crippen LogP contribution in [0.1, 0.15) is 98.3 Å². The first kappa shape index (κ1) is 44.2. The number of hydrogen-bond acceptors (Lipinski definition) is 10. The van der Waals surface area contributed by atoms with Crippen LogP contribution in [0.5, 0.6) is 0 Å². The van der Waals surface area contributed by atoms with Crippen LogP contribution in [0.4, 0.5) is 0 Å². The van der Waals surface area contributed by atoms with Gasteiger partial charge in [-0.1, -0.05) is 27.2 Å². The summed E-state index contributed by atoms with van der Waals surface area (Å²) in [7, 11) is 10.3. The number of aliphatic hydroxyl groups is 2. The Labute approximate surface area is 338 Å². The van der Waals surface area contributed by atoms with E-state index in [-0.39, 0.29) is 54.4 Å². The Morgan fingerprint density at radius 2 is 1.80 bits per heavy atom. The molecule has 2 saturated heterocycles. The largest absolute Gasteiger partial charge is 0.394 e. The van der Waals surface area contributed by atoms with Crippen LogP contribution in [-0.4, -0.2) is 147 Å². The Morgan fingerprint density at radius 3 is 2.41 bits per heavy atom. The van der Waals surface area contributed by atoms with Gasteiger partial charge in [0.25, 0.3) is 0 Å². The molecule has 7 aliphatic rings. The van der Waals surface area contributed by atoms with Gasteiger partial charge in [0.2, 0.25) is 11.8 Å². The third-order valence-corrected chi connectivity index (χ3v) is 16.1. The van der Waals surface area contributed by atoms with Crippen molar-refractivity contribution in [1.29, 1.82) is 0 Å². The highest BCUT2D eigenvalue weighted by atomic mass is 16.7. The standard InChI is InChI=1S/C44H80N6O6/c1-26-36-20-32(44(36,3)4)21-37(26)47-43(54)40-39(27(2)52)38(25-51)56-50(40)23-29-13-10-14-35(41(29)55-9)30-17-31(19-34(18-30)49(7)8)42(53)46-33(24-48(5)6)16-28-12-11-15-45-22-28/h26-41,45,51-52H,10-25H2,1-9H3,(H,46,53)(H,47,54)/t26-,27-,28?,29?,30?,31?,32+,33-,34?,35?,36-,37-,38-,39-,40-,41?/m0/s1. The van der Waals surface area contributed by atoms with Gasteiger partial charge in [-0.15, -0.1) is 0 Å². The monoisotopic (exact) mass is 789 g/mol. The zero-order valence-corrected chi connectivity index (χ0v) is 36.4. The van der Waals surface area contributed by atoms with E-state index < -0.39 is 24.2 Å². The Bertz CT molecular complexity index is 1290. The first-order valence-electron chi connectivity index (χ1n) is 22.5. The average molecular weight is 789 g/mol. The topological polar surface area (TPSA) is 139 Å². The highest BCUT2D eigenvalue weighted by Crippen LogP contribution is 2.61. The summed E-state index contributed by atoms with van der Waals surface area (Å²) in [5.74, 6) is 2.37. The minimum absolute atomic E-state index is 0.0564. The second kappa shape index (κ2) is 18.9. The quantitative estimate of drug-likeness (QED) is 0.168.